The van der Waals surface area contributed by atoms with Gasteiger partial charge in [0.05, 0.1) is 10.5 Å². The SMILES string of the molecule is CCC(C)Nc1cc(C(F)(F)F)ccc1[N+](=O)[O-]. The van der Waals surface area contributed by atoms with Gasteiger partial charge in [0, 0.05) is 12.1 Å². The monoisotopic (exact) mass is 262 g/mol. The fourth-order valence-corrected chi connectivity index (χ4v) is 1.35. The second-order valence-corrected chi connectivity index (χ2v) is 3.94. The summed E-state index contributed by atoms with van der Waals surface area (Å²) in [6.07, 6.45) is -3.87. The number of halogens is 3. The highest BCUT2D eigenvalue weighted by Gasteiger charge is 2.32. The fraction of sp³-hybridized carbons (Fsp3) is 0.455. The van der Waals surface area contributed by atoms with Crippen molar-refractivity contribution in [3.05, 3.63) is 33.9 Å². The lowest BCUT2D eigenvalue weighted by molar-refractivity contribution is -0.384. The van der Waals surface area contributed by atoms with Gasteiger partial charge >= 0.3 is 6.18 Å². The molecule has 0 aliphatic heterocycles. The molecule has 4 nitrogen and oxygen atoms in total. The van der Waals surface area contributed by atoms with Crippen LogP contribution in [0.25, 0.3) is 0 Å². The predicted octanol–water partition coefficient (Wildman–Crippen LogP) is 3.82. The molecule has 1 N–H and O–H groups in total. The first-order chi connectivity index (χ1) is 8.25. The van der Waals surface area contributed by atoms with Crippen molar-refractivity contribution in [3.63, 3.8) is 0 Å². The van der Waals surface area contributed by atoms with E-state index in [9.17, 15) is 23.3 Å². The van der Waals surface area contributed by atoms with Crippen LogP contribution in [0.2, 0.25) is 0 Å². The highest BCUT2D eigenvalue weighted by atomic mass is 19.4. The molecule has 1 unspecified atom stereocenters. The first kappa shape index (κ1) is 14.3. The summed E-state index contributed by atoms with van der Waals surface area (Å²) in [5, 5.41) is 13.4. The van der Waals surface area contributed by atoms with Crippen LogP contribution < -0.4 is 5.32 Å². The van der Waals surface area contributed by atoms with Gasteiger partial charge in [-0.3, -0.25) is 10.1 Å². The van der Waals surface area contributed by atoms with E-state index in [1.807, 2.05) is 6.92 Å². The summed E-state index contributed by atoms with van der Waals surface area (Å²) in [7, 11) is 0. The standard InChI is InChI=1S/C11H13F3N2O2/c1-3-7(2)15-9-6-8(11(12,13)14)4-5-10(9)16(17)18/h4-7,15H,3H2,1-2H3. The van der Waals surface area contributed by atoms with Crippen LogP contribution in [0.4, 0.5) is 24.5 Å². The number of nitro groups is 1. The third-order valence-corrected chi connectivity index (χ3v) is 2.53. The van der Waals surface area contributed by atoms with E-state index in [0.717, 1.165) is 12.1 Å². The van der Waals surface area contributed by atoms with Crippen LogP contribution in [0.1, 0.15) is 25.8 Å². The molecule has 0 saturated carbocycles. The Morgan fingerprint density at radius 2 is 2.06 bits per heavy atom. The second kappa shape index (κ2) is 5.24. The largest absolute Gasteiger partial charge is 0.416 e. The number of benzene rings is 1. The van der Waals surface area contributed by atoms with Gasteiger partial charge in [-0.05, 0) is 25.5 Å². The zero-order valence-electron chi connectivity index (χ0n) is 9.91. The smallest absolute Gasteiger partial charge is 0.377 e. The molecule has 0 spiro atoms. The number of anilines is 1. The number of alkyl halides is 3. The molecule has 7 heteroatoms. The number of hydrogen-bond donors (Lipinski definition) is 1. The van der Waals surface area contributed by atoms with Gasteiger partial charge in [0.2, 0.25) is 0 Å². The Balaban J connectivity index is 3.20. The van der Waals surface area contributed by atoms with E-state index < -0.39 is 16.7 Å². The van der Waals surface area contributed by atoms with Crippen LogP contribution >= 0.6 is 0 Å². The first-order valence-electron chi connectivity index (χ1n) is 5.38. The van der Waals surface area contributed by atoms with Crippen LogP contribution in [-0.2, 0) is 6.18 Å². The minimum atomic E-state index is -4.51. The molecule has 0 amide bonds. The summed E-state index contributed by atoms with van der Waals surface area (Å²) in [5.74, 6) is 0. The average molecular weight is 262 g/mol. The lowest BCUT2D eigenvalue weighted by atomic mass is 10.1. The fourth-order valence-electron chi connectivity index (χ4n) is 1.35. The van der Waals surface area contributed by atoms with Gasteiger partial charge < -0.3 is 5.32 Å². The van der Waals surface area contributed by atoms with Crippen molar-refractivity contribution in [2.24, 2.45) is 0 Å². The van der Waals surface area contributed by atoms with Crippen molar-refractivity contribution >= 4 is 11.4 Å². The van der Waals surface area contributed by atoms with Crippen molar-refractivity contribution in [2.75, 3.05) is 5.32 Å². The summed E-state index contributed by atoms with van der Waals surface area (Å²) >= 11 is 0. The zero-order chi connectivity index (χ0) is 13.9. The number of nitrogens with one attached hydrogen (secondary N) is 1. The molecule has 0 aliphatic carbocycles. The number of nitrogens with zero attached hydrogens (tertiary/aromatic N) is 1. The van der Waals surface area contributed by atoms with Crippen molar-refractivity contribution in [3.8, 4) is 0 Å². The van der Waals surface area contributed by atoms with E-state index in [0.29, 0.717) is 12.5 Å². The van der Waals surface area contributed by atoms with E-state index in [4.69, 9.17) is 0 Å². The Hall–Kier alpha value is -1.79. The highest BCUT2D eigenvalue weighted by Crippen LogP contribution is 2.35. The quantitative estimate of drug-likeness (QED) is 0.662. The molecule has 0 aliphatic rings. The third-order valence-electron chi connectivity index (χ3n) is 2.53. The van der Waals surface area contributed by atoms with E-state index in [1.54, 1.807) is 6.92 Å². The summed E-state index contributed by atoms with van der Waals surface area (Å²) in [6.45, 7) is 3.57. The predicted molar refractivity (Wildman–Crippen MR) is 61.5 cm³/mol. The molecule has 18 heavy (non-hydrogen) atoms. The molecule has 100 valence electrons. The van der Waals surface area contributed by atoms with Crippen molar-refractivity contribution in [1.29, 1.82) is 0 Å². The topological polar surface area (TPSA) is 55.2 Å². The van der Waals surface area contributed by atoms with Crippen LogP contribution in [0.5, 0.6) is 0 Å². The van der Waals surface area contributed by atoms with E-state index >= 15 is 0 Å². The Labute approximate surface area is 102 Å². The molecule has 0 aromatic heterocycles. The maximum atomic E-state index is 12.5. The Kier molecular flexibility index (Phi) is 4.15. The Morgan fingerprint density at radius 3 is 2.50 bits per heavy atom. The summed E-state index contributed by atoms with van der Waals surface area (Å²) in [6, 6.07) is 2.20. The van der Waals surface area contributed by atoms with E-state index in [-0.39, 0.29) is 17.4 Å². The Bertz CT molecular complexity index is 446. The van der Waals surface area contributed by atoms with Crippen LogP contribution in [0, 0.1) is 10.1 Å². The highest BCUT2D eigenvalue weighted by molar-refractivity contribution is 5.63. The number of rotatable bonds is 4. The normalized spacial score (nSPS) is 13.2. The zero-order valence-corrected chi connectivity index (χ0v) is 9.91. The first-order valence-corrected chi connectivity index (χ1v) is 5.38. The van der Waals surface area contributed by atoms with Crippen LogP contribution in [0.15, 0.2) is 18.2 Å². The van der Waals surface area contributed by atoms with E-state index in [2.05, 4.69) is 5.32 Å². The van der Waals surface area contributed by atoms with Gasteiger partial charge in [0.15, 0.2) is 0 Å². The van der Waals surface area contributed by atoms with Crippen molar-refractivity contribution < 1.29 is 18.1 Å². The molecular weight excluding hydrogens is 249 g/mol. The minimum Gasteiger partial charge on any atom is -0.377 e. The lowest BCUT2D eigenvalue weighted by Gasteiger charge is -2.15. The lowest BCUT2D eigenvalue weighted by Crippen LogP contribution is -2.15. The molecule has 0 radical (unpaired) electrons. The molecule has 1 rings (SSSR count). The molecule has 0 fully saturated rings. The van der Waals surface area contributed by atoms with Gasteiger partial charge in [-0.15, -0.1) is 0 Å². The van der Waals surface area contributed by atoms with Gasteiger partial charge in [-0.1, -0.05) is 6.92 Å². The number of hydrogen-bond acceptors (Lipinski definition) is 3. The van der Waals surface area contributed by atoms with Gasteiger partial charge in [-0.2, -0.15) is 13.2 Å². The molecule has 1 aromatic carbocycles. The van der Waals surface area contributed by atoms with Crippen LogP contribution in [0.3, 0.4) is 0 Å². The van der Waals surface area contributed by atoms with Gasteiger partial charge in [0.25, 0.3) is 5.69 Å². The average Bonchev–Trinajstić information content (AvgIpc) is 2.27. The second-order valence-electron chi connectivity index (χ2n) is 3.94. The minimum absolute atomic E-state index is 0.107. The molecule has 0 bridgehead atoms. The Morgan fingerprint density at radius 1 is 1.44 bits per heavy atom. The molecule has 1 aromatic rings. The van der Waals surface area contributed by atoms with Gasteiger partial charge in [-0.25, -0.2) is 0 Å². The third kappa shape index (κ3) is 3.35. The molecule has 0 saturated heterocycles. The van der Waals surface area contributed by atoms with E-state index in [1.165, 1.54) is 0 Å². The summed E-state index contributed by atoms with van der Waals surface area (Å²) < 4.78 is 37.6. The summed E-state index contributed by atoms with van der Waals surface area (Å²) in [5.41, 5.74) is -1.37. The molecule has 0 heterocycles. The van der Waals surface area contributed by atoms with Gasteiger partial charge in [0.1, 0.15) is 5.69 Å². The molecule has 1 atom stereocenters. The van der Waals surface area contributed by atoms with Crippen molar-refractivity contribution in [2.45, 2.75) is 32.5 Å². The maximum absolute atomic E-state index is 12.5. The molecular formula is C11H13F3N2O2. The number of nitro benzene ring substituents is 1. The maximum Gasteiger partial charge on any atom is 0.416 e. The van der Waals surface area contributed by atoms with Crippen LogP contribution in [-0.4, -0.2) is 11.0 Å². The van der Waals surface area contributed by atoms with Crippen molar-refractivity contribution in [1.82, 2.24) is 0 Å². The summed E-state index contributed by atoms with van der Waals surface area (Å²) in [4.78, 5) is 10.0.